The maximum atomic E-state index is 15.0. The third kappa shape index (κ3) is 8.78. The van der Waals surface area contributed by atoms with Crippen molar-refractivity contribution in [3.05, 3.63) is 83.1 Å². The molecule has 0 amide bonds. The molecule has 0 saturated heterocycles. The van der Waals surface area contributed by atoms with Crippen molar-refractivity contribution < 1.29 is 36.2 Å². The molecule has 4 aromatic rings. The molecule has 0 aliphatic heterocycles. The number of carbonyl (C=O) groups is 1. The lowest BCUT2D eigenvalue weighted by Gasteiger charge is -2.15. The third-order valence-corrected chi connectivity index (χ3v) is 5.48. The number of alkyl halides is 3. The zero-order valence-corrected chi connectivity index (χ0v) is 23.7. The molecule has 0 unspecified atom stereocenters. The van der Waals surface area contributed by atoms with Crippen LogP contribution in [0.15, 0.2) is 59.3 Å². The number of fused-ring (bicyclic) bond motifs is 1. The number of carbonyl (C=O) groups excluding carboxylic acids is 1. The summed E-state index contributed by atoms with van der Waals surface area (Å²) in [5.41, 5.74) is 7.11. The number of ether oxygens (including phenoxy) is 2. The maximum absolute atomic E-state index is 15.0. The number of pyridine rings is 1. The molecule has 2 aromatic carbocycles. The van der Waals surface area contributed by atoms with Gasteiger partial charge < -0.3 is 19.6 Å². The van der Waals surface area contributed by atoms with E-state index in [-0.39, 0.29) is 48.7 Å². The SMILES string of the molecule is CC(C)(C)C.CCOC(=O)Cc1ccc(C(F)(F)F)cc1OCc1cc(-c2ccnc(CN)c2F)c2occc2c1. The van der Waals surface area contributed by atoms with E-state index in [1.165, 1.54) is 24.6 Å². The number of hydrogen-bond donors (Lipinski definition) is 1. The summed E-state index contributed by atoms with van der Waals surface area (Å²) in [7, 11) is 0. The molecule has 2 N–H and O–H groups in total. The molecule has 0 bridgehead atoms. The van der Waals surface area contributed by atoms with Crippen LogP contribution >= 0.6 is 0 Å². The zero-order valence-electron chi connectivity index (χ0n) is 23.7. The lowest BCUT2D eigenvalue weighted by molar-refractivity contribution is -0.142. The van der Waals surface area contributed by atoms with Gasteiger partial charge in [0.05, 0.1) is 30.5 Å². The number of nitrogens with zero attached hydrogens (tertiary/aromatic N) is 1. The fourth-order valence-electron chi connectivity index (χ4n) is 3.80. The highest BCUT2D eigenvalue weighted by molar-refractivity contribution is 5.93. The second kappa shape index (κ2) is 13.2. The average Bonchev–Trinajstić information content (AvgIpc) is 3.35. The van der Waals surface area contributed by atoms with E-state index >= 15 is 4.39 Å². The van der Waals surface area contributed by atoms with Crippen LogP contribution in [0, 0.1) is 11.2 Å². The summed E-state index contributed by atoms with van der Waals surface area (Å²) in [4.78, 5) is 15.9. The summed E-state index contributed by atoms with van der Waals surface area (Å²) < 4.78 is 71.2. The summed E-state index contributed by atoms with van der Waals surface area (Å²) in [5, 5.41) is 0.646. The molecule has 220 valence electrons. The quantitative estimate of drug-likeness (QED) is 0.170. The minimum absolute atomic E-state index is 0.0847. The van der Waals surface area contributed by atoms with Gasteiger partial charge in [-0.25, -0.2) is 4.39 Å². The summed E-state index contributed by atoms with van der Waals surface area (Å²) >= 11 is 0. The molecular weight excluding hydrogens is 540 g/mol. The zero-order chi connectivity index (χ0) is 30.4. The van der Waals surface area contributed by atoms with E-state index in [0.29, 0.717) is 27.5 Å². The van der Waals surface area contributed by atoms with Crippen LogP contribution in [0.4, 0.5) is 17.6 Å². The largest absolute Gasteiger partial charge is 0.489 e. The highest BCUT2D eigenvalue weighted by atomic mass is 19.4. The van der Waals surface area contributed by atoms with Crippen LogP contribution in [-0.4, -0.2) is 17.6 Å². The van der Waals surface area contributed by atoms with E-state index in [1.54, 1.807) is 25.1 Å². The van der Waals surface area contributed by atoms with Crippen molar-refractivity contribution in [3.63, 3.8) is 0 Å². The highest BCUT2D eigenvalue weighted by Crippen LogP contribution is 2.36. The minimum atomic E-state index is -4.59. The van der Waals surface area contributed by atoms with Gasteiger partial charge in [0, 0.05) is 34.8 Å². The first-order chi connectivity index (χ1) is 19.2. The number of aromatic nitrogens is 1. The number of halogens is 4. The van der Waals surface area contributed by atoms with Gasteiger partial charge in [0.25, 0.3) is 0 Å². The first-order valence-corrected chi connectivity index (χ1v) is 13.0. The molecule has 0 atom stereocenters. The number of rotatable bonds is 8. The van der Waals surface area contributed by atoms with Crippen LogP contribution in [0.25, 0.3) is 22.1 Å². The predicted molar refractivity (Wildman–Crippen MR) is 149 cm³/mol. The molecular formula is C31H34F4N2O4. The van der Waals surface area contributed by atoms with Gasteiger partial charge in [-0.15, -0.1) is 0 Å². The first kappa shape index (κ1) is 31.6. The van der Waals surface area contributed by atoms with E-state index < -0.39 is 23.5 Å². The normalized spacial score (nSPS) is 11.7. The Morgan fingerprint density at radius 1 is 1.02 bits per heavy atom. The fourth-order valence-corrected chi connectivity index (χ4v) is 3.80. The molecule has 2 aromatic heterocycles. The van der Waals surface area contributed by atoms with Crippen LogP contribution in [0.3, 0.4) is 0 Å². The monoisotopic (exact) mass is 574 g/mol. The molecule has 0 radical (unpaired) electrons. The van der Waals surface area contributed by atoms with Crippen LogP contribution in [-0.2, 0) is 35.3 Å². The molecule has 2 heterocycles. The molecule has 0 aliphatic carbocycles. The van der Waals surface area contributed by atoms with Crippen molar-refractivity contribution >= 4 is 16.9 Å². The number of esters is 1. The Labute approximate surface area is 236 Å². The van der Waals surface area contributed by atoms with Crippen LogP contribution in [0.5, 0.6) is 5.75 Å². The molecule has 0 aliphatic rings. The number of furan rings is 1. The maximum Gasteiger partial charge on any atom is 0.416 e. The Morgan fingerprint density at radius 2 is 1.73 bits per heavy atom. The van der Waals surface area contributed by atoms with Gasteiger partial charge >= 0.3 is 12.1 Å². The second-order valence-electron chi connectivity index (χ2n) is 10.9. The smallest absolute Gasteiger partial charge is 0.416 e. The van der Waals surface area contributed by atoms with Crippen molar-refractivity contribution in [2.24, 2.45) is 11.1 Å². The Hall–Kier alpha value is -3.92. The van der Waals surface area contributed by atoms with Crippen molar-refractivity contribution in [1.29, 1.82) is 0 Å². The van der Waals surface area contributed by atoms with Crippen molar-refractivity contribution in [2.45, 2.75) is 60.4 Å². The predicted octanol–water partition coefficient (Wildman–Crippen LogP) is 7.85. The van der Waals surface area contributed by atoms with E-state index in [9.17, 15) is 18.0 Å². The summed E-state index contributed by atoms with van der Waals surface area (Å²) in [6.45, 7) is 10.3. The highest BCUT2D eigenvalue weighted by Gasteiger charge is 2.31. The lowest BCUT2D eigenvalue weighted by Crippen LogP contribution is -2.11. The van der Waals surface area contributed by atoms with E-state index in [2.05, 4.69) is 32.7 Å². The molecule has 41 heavy (non-hydrogen) atoms. The van der Waals surface area contributed by atoms with E-state index in [1.807, 2.05) is 0 Å². The molecule has 0 spiro atoms. The van der Waals surface area contributed by atoms with E-state index in [0.717, 1.165) is 12.1 Å². The topological polar surface area (TPSA) is 87.6 Å². The third-order valence-electron chi connectivity index (χ3n) is 5.48. The van der Waals surface area contributed by atoms with Crippen molar-refractivity contribution in [2.75, 3.05) is 6.61 Å². The Morgan fingerprint density at radius 3 is 2.37 bits per heavy atom. The summed E-state index contributed by atoms with van der Waals surface area (Å²) in [6, 6.07) is 9.45. The van der Waals surface area contributed by atoms with Gasteiger partial charge in [0.15, 0.2) is 5.82 Å². The molecule has 6 nitrogen and oxygen atoms in total. The Balaban J connectivity index is 0.000000850. The van der Waals surface area contributed by atoms with Gasteiger partial charge in [0.2, 0.25) is 0 Å². The minimum Gasteiger partial charge on any atom is -0.489 e. The lowest BCUT2D eigenvalue weighted by atomic mass is 10.00. The number of benzene rings is 2. The molecule has 4 rings (SSSR count). The van der Waals surface area contributed by atoms with E-state index in [4.69, 9.17) is 19.6 Å². The van der Waals surface area contributed by atoms with Crippen molar-refractivity contribution in [1.82, 2.24) is 4.98 Å². The molecule has 0 fully saturated rings. The average molecular weight is 575 g/mol. The number of hydrogen-bond acceptors (Lipinski definition) is 6. The van der Waals surface area contributed by atoms with Crippen molar-refractivity contribution in [3.8, 4) is 16.9 Å². The Kier molecular flexibility index (Phi) is 10.1. The van der Waals surface area contributed by atoms with Gasteiger partial charge in [-0.05, 0) is 54.3 Å². The van der Waals surface area contributed by atoms with Crippen LogP contribution in [0.1, 0.15) is 57.0 Å². The standard InChI is InChI=1S/C26H22F4N2O4.C5H12/c1-2-34-23(33)11-16-3-4-18(26(28,29)30)12-22(16)36-14-15-9-17-6-8-35-25(17)20(10-15)19-5-7-32-21(13-31)24(19)27;1-5(2,3)4/h3-10,12H,2,11,13-14,31H2,1H3;1-4H3. The second-order valence-corrected chi connectivity index (χ2v) is 10.9. The molecule has 0 saturated carbocycles. The van der Waals surface area contributed by atoms with Gasteiger partial charge in [-0.3, -0.25) is 9.78 Å². The van der Waals surface area contributed by atoms with Crippen LogP contribution < -0.4 is 10.5 Å². The first-order valence-electron chi connectivity index (χ1n) is 13.0. The Bertz CT molecular complexity index is 1480. The fraction of sp³-hybridized carbons (Fsp3) is 0.355. The molecule has 10 heteroatoms. The summed E-state index contributed by atoms with van der Waals surface area (Å²) in [5.74, 6) is -1.29. The number of nitrogens with two attached hydrogens (primary N) is 1. The van der Waals surface area contributed by atoms with Crippen LogP contribution in [0.2, 0.25) is 0 Å². The van der Waals surface area contributed by atoms with Gasteiger partial charge in [-0.1, -0.05) is 33.8 Å². The summed E-state index contributed by atoms with van der Waals surface area (Å²) in [6.07, 6.45) is -1.96. The van der Waals surface area contributed by atoms with Gasteiger partial charge in [0.1, 0.15) is 17.9 Å². The van der Waals surface area contributed by atoms with Gasteiger partial charge in [-0.2, -0.15) is 13.2 Å².